The molecule has 0 aliphatic carbocycles. The highest BCUT2D eigenvalue weighted by Gasteiger charge is 2.26. The Kier molecular flexibility index (Phi) is 6.12. The Morgan fingerprint density at radius 2 is 1.65 bits per heavy atom. The lowest BCUT2D eigenvalue weighted by Crippen LogP contribution is -2.33. The maximum atomic E-state index is 13.1. The van der Waals surface area contributed by atoms with Gasteiger partial charge in [0.15, 0.2) is 5.16 Å². The molecular formula is C21H23N3OS. The SMILES string of the molecule is CCN(CC)C(=O)C(Sc1ncc(-c2ccccc2)[nH]1)c1ccccc1. The third kappa shape index (κ3) is 4.17. The van der Waals surface area contributed by atoms with Crippen molar-refractivity contribution in [1.82, 2.24) is 14.9 Å². The minimum atomic E-state index is -0.314. The highest BCUT2D eigenvalue weighted by molar-refractivity contribution is 8.00. The molecule has 5 heteroatoms. The lowest BCUT2D eigenvalue weighted by molar-refractivity contribution is -0.130. The molecule has 0 bridgehead atoms. The van der Waals surface area contributed by atoms with Gasteiger partial charge in [0.25, 0.3) is 0 Å². The van der Waals surface area contributed by atoms with Crippen LogP contribution in [-0.2, 0) is 4.79 Å². The van der Waals surface area contributed by atoms with Gasteiger partial charge in [-0.1, -0.05) is 72.4 Å². The first-order valence-electron chi connectivity index (χ1n) is 8.83. The molecule has 1 unspecified atom stereocenters. The number of likely N-dealkylation sites (N-methyl/N-ethyl adjacent to an activating group) is 1. The van der Waals surface area contributed by atoms with Gasteiger partial charge in [-0.3, -0.25) is 4.79 Å². The second-order valence-electron chi connectivity index (χ2n) is 5.89. The Balaban J connectivity index is 1.87. The van der Waals surface area contributed by atoms with Crippen molar-refractivity contribution in [3.63, 3.8) is 0 Å². The van der Waals surface area contributed by atoms with Crippen molar-refractivity contribution in [2.24, 2.45) is 0 Å². The van der Waals surface area contributed by atoms with Crippen LogP contribution >= 0.6 is 11.8 Å². The van der Waals surface area contributed by atoms with E-state index in [1.165, 1.54) is 11.8 Å². The summed E-state index contributed by atoms with van der Waals surface area (Å²) in [5.74, 6) is 0.115. The smallest absolute Gasteiger partial charge is 0.240 e. The van der Waals surface area contributed by atoms with Crippen molar-refractivity contribution >= 4 is 17.7 Å². The summed E-state index contributed by atoms with van der Waals surface area (Å²) in [6, 6.07) is 20.0. The number of aromatic nitrogens is 2. The van der Waals surface area contributed by atoms with Gasteiger partial charge < -0.3 is 9.88 Å². The monoisotopic (exact) mass is 365 g/mol. The fourth-order valence-electron chi connectivity index (χ4n) is 2.83. The predicted molar refractivity (Wildman–Crippen MR) is 107 cm³/mol. The maximum absolute atomic E-state index is 13.1. The van der Waals surface area contributed by atoms with Crippen LogP contribution in [0.2, 0.25) is 0 Å². The van der Waals surface area contributed by atoms with Gasteiger partial charge in [0.1, 0.15) is 5.25 Å². The number of nitrogens with one attached hydrogen (secondary N) is 1. The summed E-state index contributed by atoms with van der Waals surface area (Å²) in [4.78, 5) is 22.7. The largest absolute Gasteiger partial charge is 0.342 e. The number of carbonyl (C=O) groups is 1. The van der Waals surface area contributed by atoms with Gasteiger partial charge in [-0.15, -0.1) is 0 Å². The molecule has 0 saturated carbocycles. The van der Waals surface area contributed by atoms with Crippen molar-refractivity contribution in [2.45, 2.75) is 24.3 Å². The van der Waals surface area contributed by atoms with Crippen molar-refractivity contribution in [2.75, 3.05) is 13.1 Å². The number of thioether (sulfide) groups is 1. The molecule has 0 spiro atoms. The number of aromatic amines is 1. The fraction of sp³-hybridized carbons (Fsp3) is 0.238. The molecule has 26 heavy (non-hydrogen) atoms. The molecule has 3 rings (SSSR count). The summed E-state index contributed by atoms with van der Waals surface area (Å²) in [6.45, 7) is 5.42. The van der Waals surface area contributed by atoms with E-state index < -0.39 is 0 Å². The van der Waals surface area contributed by atoms with Gasteiger partial charge in [0, 0.05) is 13.1 Å². The summed E-state index contributed by atoms with van der Waals surface area (Å²) in [5, 5.41) is 0.434. The predicted octanol–water partition coefficient (Wildman–Crippen LogP) is 4.78. The summed E-state index contributed by atoms with van der Waals surface area (Å²) in [6.07, 6.45) is 1.82. The zero-order valence-electron chi connectivity index (χ0n) is 15.1. The average molecular weight is 366 g/mol. The number of H-pyrrole nitrogens is 1. The third-order valence-corrected chi connectivity index (χ3v) is 5.41. The van der Waals surface area contributed by atoms with Crippen LogP contribution in [0.5, 0.6) is 0 Å². The maximum Gasteiger partial charge on any atom is 0.240 e. The number of imidazole rings is 1. The Morgan fingerprint density at radius 3 is 2.27 bits per heavy atom. The van der Waals surface area contributed by atoms with E-state index in [0.29, 0.717) is 13.1 Å². The van der Waals surface area contributed by atoms with Crippen LogP contribution in [0.3, 0.4) is 0 Å². The van der Waals surface area contributed by atoms with Gasteiger partial charge >= 0.3 is 0 Å². The van der Waals surface area contributed by atoms with Crippen molar-refractivity contribution in [3.8, 4) is 11.3 Å². The molecule has 0 aliphatic heterocycles. The zero-order valence-corrected chi connectivity index (χ0v) is 15.9. The first-order valence-corrected chi connectivity index (χ1v) is 9.71. The molecule has 0 aliphatic rings. The molecule has 4 nitrogen and oxygen atoms in total. The van der Waals surface area contributed by atoms with Crippen LogP contribution in [-0.4, -0.2) is 33.9 Å². The topological polar surface area (TPSA) is 49.0 Å². The number of benzene rings is 2. The molecule has 1 aromatic heterocycles. The van der Waals surface area contributed by atoms with Crippen LogP contribution in [0.1, 0.15) is 24.7 Å². The first kappa shape index (κ1) is 18.3. The van der Waals surface area contributed by atoms with Gasteiger partial charge in [0.05, 0.1) is 11.9 Å². The van der Waals surface area contributed by atoms with Crippen LogP contribution < -0.4 is 0 Å². The third-order valence-electron chi connectivity index (χ3n) is 4.27. The molecule has 134 valence electrons. The number of rotatable bonds is 7. The van der Waals surface area contributed by atoms with E-state index in [1.807, 2.05) is 85.6 Å². The number of hydrogen-bond acceptors (Lipinski definition) is 3. The van der Waals surface area contributed by atoms with Gasteiger partial charge in [-0.2, -0.15) is 0 Å². The number of amides is 1. The second-order valence-corrected chi connectivity index (χ2v) is 6.98. The number of nitrogens with zero attached hydrogens (tertiary/aromatic N) is 2. The molecule has 0 saturated heterocycles. The second kappa shape index (κ2) is 8.72. The molecule has 0 radical (unpaired) electrons. The van der Waals surface area contributed by atoms with Crippen molar-refractivity contribution in [1.29, 1.82) is 0 Å². The zero-order chi connectivity index (χ0) is 18.4. The quantitative estimate of drug-likeness (QED) is 0.613. The minimum absolute atomic E-state index is 0.115. The minimum Gasteiger partial charge on any atom is -0.342 e. The summed E-state index contributed by atoms with van der Waals surface area (Å²) in [5.41, 5.74) is 3.03. The van der Waals surface area contributed by atoms with Crippen molar-refractivity contribution in [3.05, 3.63) is 72.4 Å². The molecular weight excluding hydrogens is 342 g/mol. The summed E-state index contributed by atoms with van der Waals surface area (Å²) >= 11 is 1.47. The lowest BCUT2D eigenvalue weighted by Gasteiger charge is -2.24. The van der Waals surface area contributed by atoms with Crippen LogP contribution in [0.4, 0.5) is 0 Å². The highest BCUT2D eigenvalue weighted by atomic mass is 32.2. The van der Waals surface area contributed by atoms with E-state index in [-0.39, 0.29) is 11.2 Å². The Labute approximate surface area is 158 Å². The molecule has 1 amide bonds. The normalized spacial score (nSPS) is 11.9. The van der Waals surface area contributed by atoms with E-state index >= 15 is 0 Å². The molecule has 1 heterocycles. The first-order chi connectivity index (χ1) is 12.7. The number of carbonyl (C=O) groups excluding carboxylic acids is 1. The van der Waals surface area contributed by atoms with Crippen molar-refractivity contribution < 1.29 is 4.79 Å². The molecule has 1 N–H and O–H groups in total. The van der Waals surface area contributed by atoms with E-state index in [4.69, 9.17) is 0 Å². The standard InChI is InChI=1S/C21H23N3OS/c1-3-24(4-2)20(25)19(17-13-9-6-10-14-17)26-21-22-15-18(23-21)16-11-7-5-8-12-16/h5-15,19H,3-4H2,1-2H3,(H,22,23). The van der Waals surface area contributed by atoms with E-state index in [2.05, 4.69) is 9.97 Å². The van der Waals surface area contributed by atoms with Gasteiger partial charge in [0.2, 0.25) is 5.91 Å². The fourth-order valence-corrected chi connectivity index (χ4v) is 3.88. The van der Waals surface area contributed by atoms with E-state index in [0.717, 1.165) is 22.0 Å². The lowest BCUT2D eigenvalue weighted by atomic mass is 10.1. The summed E-state index contributed by atoms with van der Waals surface area (Å²) in [7, 11) is 0. The molecule has 1 atom stereocenters. The molecule has 2 aromatic carbocycles. The van der Waals surface area contributed by atoms with Crippen LogP contribution in [0, 0.1) is 0 Å². The van der Waals surface area contributed by atoms with Crippen LogP contribution in [0.15, 0.2) is 72.0 Å². The summed E-state index contributed by atoms with van der Waals surface area (Å²) < 4.78 is 0. The van der Waals surface area contributed by atoms with E-state index in [9.17, 15) is 4.79 Å². The van der Waals surface area contributed by atoms with Gasteiger partial charge in [-0.25, -0.2) is 4.98 Å². The average Bonchev–Trinajstić information content (AvgIpc) is 3.17. The Bertz CT molecular complexity index is 829. The van der Waals surface area contributed by atoms with Gasteiger partial charge in [-0.05, 0) is 25.0 Å². The molecule has 3 aromatic rings. The Hall–Kier alpha value is -2.53. The van der Waals surface area contributed by atoms with E-state index in [1.54, 1.807) is 0 Å². The molecule has 0 fully saturated rings. The number of hydrogen-bond donors (Lipinski definition) is 1. The Morgan fingerprint density at radius 1 is 1.04 bits per heavy atom. The van der Waals surface area contributed by atoms with Crippen LogP contribution in [0.25, 0.3) is 11.3 Å². The highest BCUT2D eigenvalue weighted by Crippen LogP contribution is 2.36.